The summed E-state index contributed by atoms with van der Waals surface area (Å²) in [6.07, 6.45) is 0. The first-order valence-corrected chi connectivity index (χ1v) is 8.36. The zero-order valence-electron chi connectivity index (χ0n) is 14.0. The van der Waals surface area contributed by atoms with Gasteiger partial charge in [-0.15, -0.1) is 0 Å². The first-order chi connectivity index (χ1) is 12.1. The maximum Gasteiger partial charge on any atom is 0.254 e. The molecule has 0 unspecified atom stereocenters. The predicted molar refractivity (Wildman–Crippen MR) is 95.3 cm³/mol. The number of hydrogen-bond donors (Lipinski definition) is 1. The Balaban J connectivity index is 1.46. The van der Waals surface area contributed by atoms with Gasteiger partial charge < -0.3 is 14.8 Å². The van der Waals surface area contributed by atoms with Gasteiger partial charge in [-0.25, -0.2) is 9.37 Å². The number of amides is 1. The summed E-state index contributed by atoms with van der Waals surface area (Å²) in [5.41, 5.74) is 3.51. The highest BCUT2D eigenvalue weighted by Crippen LogP contribution is 2.22. The molecule has 0 bridgehead atoms. The number of aromatic nitrogens is 2. The quantitative estimate of drug-likeness (QED) is 0.781. The second kappa shape index (κ2) is 6.20. The largest absolute Gasteiger partial charge is 0.368 e. The molecule has 1 aliphatic rings. The molecule has 1 N–H and O–H groups in total. The van der Waals surface area contributed by atoms with E-state index in [-0.39, 0.29) is 11.7 Å². The summed E-state index contributed by atoms with van der Waals surface area (Å²) in [6, 6.07) is 12.0. The summed E-state index contributed by atoms with van der Waals surface area (Å²) < 4.78 is 13.3. The maximum atomic E-state index is 13.3. The average molecular weight is 338 g/mol. The number of halogens is 1. The molecule has 25 heavy (non-hydrogen) atoms. The van der Waals surface area contributed by atoms with Crippen LogP contribution in [0.15, 0.2) is 42.5 Å². The Labute approximate surface area is 145 Å². The molecular formula is C19H19FN4O. The first-order valence-electron chi connectivity index (χ1n) is 8.36. The van der Waals surface area contributed by atoms with E-state index in [0.29, 0.717) is 18.7 Å². The minimum absolute atomic E-state index is 0.112. The molecule has 3 aromatic rings. The van der Waals surface area contributed by atoms with Crippen molar-refractivity contribution in [3.05, 3.63) is 59.7 Å². The predicted octanol–water partition coefficient (Wildman–Crippen LogP) is 2.97. The molecule has 0 aliphatic carbocycles. The number of aryl methyl sites for hydroxylation is 1. The molecule has 2 aromatic carbocycles. The molecule has 6 heteroatoms. The molecule has 128 valence electrons. The zero-order valence-corrected chi connectivity index (χ0v) is 14.0. The SMILES string of the molecule is Cc1nc2ccc(N3CCN(C(=O)c4cccc(F)c4)CC3)cc2[nH]1. The third kappa shape index (κ3) is 3.07. The Morgan fingerprint density at radius 1 is 1.12 bits per heavy atom. The highest BCUT2D eigenvalue weighted by molar-refractivity contribution is 5.94. The number of imidazole rings is 1. The van der Waals surface area contributed by atoms with Gasteiger partial charge in [0.05, 0.1) is 11.0 Å². The minimum Gasteiger partial charge on any atom is -0.368 e. The Morgan fingerprint density at radius 3 is 2.68 bits per heavy atom. The lowest BCUT2D eigenvalue weighted by Crippen LogP contribution is -2.48. The summed E-state index contributed by atoms with van der Waals surface area (Å²) in [7, 11) is 0. The number of H-pyrrole nitrogens is 1. The molecule has 0 spiro atoms. The average Bonchev–Trinajstić information content (AvgIpc) is 3.00. The normalized spacial score (nSPS) is 15.0. The van der Waals surface area contributed by atoms with E-state index in [1.54, 1.807) is 17.0 Å². The Hall–Kier alpha value is -2.89. The van der Waals surface area contributed by atoms with Crippen LogP contribution >= 0.6 is 0 Å². The molecule has 1 saturated heterocycles. The van der Waals surface area contributed by atoms with Crippen LogP contribution in [-0.2, 0) is 0 Å². The van der Waals surface area contributed by atoms with Gasteiger partial charge in [0.1, 0.15) is 11.6 Å². The third-order valence-corrected chi connectivity index (χ3v) is 4.59. The van der Waals surface area contributed by atoms with Gasteiger partial charge in [0.25, 0.3) is 5.91 Å². The van der Waals surface area contributed by atoms with Gasteiger partial charge in [-0.3, -0.25) is 4.79 Å². The van der Waals surface area contributed by atoms with E-state index in [9.17, 15) is 9.18 Å². The molecular weight excluding hydrogens is 319 g/mol. The molecule has 1 amide bonds. The zero-order chi connectivity index (χ0) is 17.4. The molecule has 2 heterocycles. The van der Waals surface area contributed by atoms with Crippen molar-refractivity contribution in [1.29, 1.82) is 0 Å². The van der Waals surface area contributed by atoms with E-state index in [2.05, 4.69) is 27.0 Å². The molecule has 1 aromatic heterocycles. The second-order valence-electron chi connectivity index (χ2n) is 6.31. The second-order valence-corrected chi connectivity index (χ2v) is 6.31. The smallest absolute Gasteiger partial charge is 0.254 e. The number of carbonyl (C=O) groups excluding carboxylic acids is 1. The van der Waals surface area contributed by atoms with Gasteiger partial charge in [0, 0.05) is 37.4 Å². The van der Waals surface area contributed by atoms with Crippen LogP contribution in [0.1, 0.15) is 16.2 Å². The van der Waals surface area contributed by atoms with Crippen LogP contribution in [0.25, 0.3) is 11.0 Å². The van der Waals surface area contributed by atoms with Gasteiger partial charge in [-0.1, -0.05) is 6.07 Å². The van der Waals surface area contributed by atoms with Crippen molar-refractivity contribution in [2.45, 2.75) is 6.92 Å². The van der Waals surface area contributed by atoms with Crippen molar-refractivity contribution in [2.24, 2.45) is 0 Å². The fourth-order valence-electron chi connectivity index (χ4n) is 3.29. The minimum atomic E-state index is -0.382. The number of rotatable bonds is 2. The van der Waals surface area contributed by atoms with Crippen LogP contribution in [0.5, 0.6) is 0 Å². The molecule has 0 saturated carbocycles. The molecule has 0 atom stereocenters. The lowest BCUT2D eigenvalue weighted by molar-refractivity contribution is 0.0746. The van der Waals surface area contributed by atoms with Crippen LogP contribution in [0.3, 0.4) is 0 Å². The molecule has 4 rings (SSSR count). The molecule has 0 radical (unpaired) electrons. The molecule has 1 fully saturated rings. The van der Waals surface area contributed by atoms with Gasteiger partial charge >= 0.3 is 0 Å². The van der Waals surface area contributed by atoms with E-state index in [1.807, 2.05) is 13.0 Å². The van der Waals surface area contributed by atoms with Crippen molar-refractivity contribution in [3.8, 4) is 0 Å². The van der Waals surface area contributed by atoms with Crippen LogP contribution in [0.2, 0.25) is 0 Å². The highest BCUT2D eigenvalue weighted by atomic mass is 19.1. The van der Waals surface area contributed by atoms with Gasteiger partial charge in [-0.05, 0) is 43.3 Å². The fourth-order valence-corrected chi connectivity index (χ4v) is 3.29. The van der Waals surface area contributed by atoms with Crippen LogP contribution < -0.4 is 4.90 Å². The van der Waals surface area contributed by atoms with E-state index in [0.717, 1.165) is 35.6 Å². The number of hydrogen-bond acceptors (Lipinski definition) is 3. The number of nitrogens with zero attached hydrogens (tertiary/aromatic N) is 3. The topological polar surface area (TPSA) is 52.2 Å². The van der Waals surface area contributed by atoms with E-state index in [1.165, 1.54) is 12.1 Å². The van der Waals surface area contributed by atoms with Crippen molar-refractivity contribution < 1.29 is 9.18 Å². The lowest BCUT2D eigenvalue weighted by atomic mass is 10.1. The number of nitrogens with one attached hydrogen (secondary N) is 1. The molecule has 1 aliphatic heterocycles. The monoisotopic (exact) mass is 338 g/mol. The van der Waals surface area contributed by atoms with E-state index in [4.69, 9.17) is 0 Å². The summed E-state index contributed by atoms with van der Waals surface area (Å²) in [4.78, 5) is 24.2. The van der Waals surface area contributed by atoms with Crippen molar-refractivity contribution in [1.82, 2.24) is 14.9 Å². The summed E-state index contributed by atoms with van der Waals surface area (Å²) in [5.74, 6) is 0.407. The summed E-state index contributed by atoms with van der Waals surface area (Å²) in [6.45, 7) is 4.68. The number of fused-ring (bicyclic) bond motifs is 1. The molecule has 5 nitrogen and oxygen atoms in total. The Kier molecular flexibility index (Phi) is 3.87. The van der Waals surface area contributed by atoms with Crippen molar-refractivity contribution >= 4 is 22.6 Å². The first kappa shape index (κ1) is 15.6. The highest BCUT2D eigenvalue weighted by Gasteiger charge is 2.22. The Morgan fingerprint density at radius 2 is 1.92 bits per heavy atom. The van der Waals surface area contributed by atoms with Gasteiger partial charge in [-0.2, -0.15) is 0 Å². The number of anilines is 1. The standard InChI is InChI=1S/C19H19FN4O/c1-13-21-17-6-5-16(12-18(17)22-13)23-7-9-24(10-8-23)19(25)14-3-2-4-15(20)11-14/h2-6,11-12H,7-10H2,1H3,(H,21,22). The lowest BCUT2D eigenvalue weighted by Gasteiger charge is -2.36. The van der Waals surface area contributed by atoms with Crippen LogP contribution in [-0.4, -0.2) is 47.0 Å². The number of aromatic amines is 1. The van der Waals surface area contributed by atoms with E-state index >= 15 is 0 Å². The van der Waals surface area contributed by atoms with Crippen molar-refractivity contribution in [3.63, 3.8) is 0 Å². The summed E-state index contributed by atoms with van der Waals surface area (Å²) >= 11 is 0. The van der Waals surface area contributed by atoms with Crippen LogP contribution in [0, 0.1) is 12.7 Å². The Bertz CT molecular complexity index is 928. The fraction of sp³-hybridized carbons (Fsp3) is 0.263. The number of benzene rings is 2. The third-order valence-electron chi connectivity index (χ3n) is 4.59. The number of carbonyl (C=O) groups is 1. The van der Waals surface area contributed by atoms with Crippen LogP contribution in [0.4, 0.5) is 10.1 Å². The number of piperazine rings is 1. The van der Waals surface area contributed by atoms with Crippen molar-refractivity contribution in [2.75, 3.05) is 31.1 Å². The van der Waals surface area contributed by atoms with E-state index < -0.39 is 0 Å². The summed E-state index contributed by atoms with van der Waals surface area (Å²) in [5, 5.41) is 0. The van der Waals surface area contributed by atoms with Gasteiger partial charge in [0.15, 0.2) is 0 Å². The maximum absolute atomic E-state index is 13.3. The van der Waals surface area contributed by atoms with Gasteiger partial charge in [0.2, 0.25) is 0 Å².